The molecular formula is C58H39NO2. The molecule has 3 heteroatoms. The molecule has 0 saturated heterocycles. The summed E-state index contributed by atoms with van der Waals surface area (Å²) in [5.74, 6) is 2.81. The van der Waals surface area contributed by atoms with E-state index in [9.17, 15) is 0 Å². The van der Waals surface area contributed by atoms with E-state index in [1.807, 2.05) is 6.07 Å². The minimum absolute atomic E-state index is 0.0510. The van der Waals surface area contributed by atoms with Crippen LogP contribution in [0.15, 0.2) is 200 Å². The largest absolute Gasteiger partial charge is 0.449 e. The van der Waals surface area contributed by atoms with E-state index >= 15 is 0 Å². The van der Waals surface area contributed by atoms with Crippen molar-refractivity contribution in [3.8, 4) is 67.5 Å². The van der Waals surface area contributed by atoms with Gasteiger partial charge in [-0.2, -0.15) is 0 Å². The fraction of sp³-hybridized carbons (Fsp3) is 0.0690. The molecule has 0 unspecified atom stereocenters. The number of nitrogens with zero attached hydrogens (tertiary/aromatic N) is 1. The molecule has 1 aliphatic heterocycles. The molecule has 0 amide bonds. The van der Waals surface area contributed by atoms with E-state index in [2.05, 4.69) is 213 Å². The Balaban J connectivity index is 0.904. The minimum Gasteiger partial charge on any atom is -0.449 e. The van der Waals surface area contributed by atoms with Crippen molar-refractivity contribution in [3.05, 3.63) is 234 Å². The maximum absolute atomic E-state index is 6.96. The Kier molecular flexibility index (Phi) is 6.99. The Bertz CT molecular complexity index is 3240. The summed E-state index contributed by atoms with van der Waals surface area (Å²) in [6.45, 7) is 4.67. The summed E-state index contributed by atoms with van der Waals surface area (Å²) >= 11 is 0. The molecule has 0 N–H and O–H groups in total. The van der Waals surface area contributed by atoms with E-state index in [1.54, 1.807) is 0 Å². The highest BCUT2D eigenvalue weighted by atomic mass is 16.6. The SMILES string of the molecule is CC1(C)c2ccccc2-c2c(-c3ccc(N(c4ccccc4)c4ccc5c(c4)Oc4cc6c(cc4O5)-c4ccccc4C64c5ccccc5-c5ccccc54)cc3)cccc21. The zero-order valence-electron chi connectivity index (χ0n) is 33.8. The van der Waals surface area contributed by atoms with Gasteiger partial charge in [-0.3, -0.25) is 0 Å². The van der Waals surface area contributed by atoms with Crippen molar-refractivity contribution in [1.29, 1.82) is 0 Å². The summed E-state index contributed by atoms with van der Waals surface area (Å²) < 4.78 is 13.7. The van der Waals surface area contributed by atoms with Crippen LogP contribution in [0.5, 0.6) is 23.0 Å². The fourth-order valence-corrected chi connectivity index (χ4v) is 11.1. The standard InChI is InChI=1S/C58H39NO2/c1-57(2)46-22-10-9-20-44(46)56-40(21-14-26-50(56)57)36-27-29-38(30-28-36)59(37-15-4-3-5-16-37)39-31-32-52-53(33-39)61-55-35-51-45(34-54(55)60-52)43-19-8-13-25-49(43)58(51)47-23-11-6-17-41(47)42-18-7-12-24-48(42)58/h3-35H,1-2H3. The van der Waals surface area contributed by atoms with Gasteiger partial charge in [0.2, 0.25) is 0 Å². The highest BCUT2D eigenvalue weighted by Crippen LogP contribution is 2.65. The van der Waals surface area contributed by atoms with Gasteiger partial charge in [-0.1, -0.05) is 159 Å². The number of anilines is 3. The summed E-state index contributed by atoms with van der Waals surface area (Å²) in [4.78, 5) is 2.29. The van der Waals surface area contributed by atoms with Gasteiger partial charge in [0.25, 0.3) is 0 Å². The lowest BCUT2D eigenvalue weighted by molar-refractivity contribution is 0.359. The average Bonchev–Trinajstić information content (AvgIpc) is 3.86. The lowest BCUT2D eigenvalue weighted by atomic mass is 9.70. The summed E-state index contributed by atoms with van der Waals surface area (Å²) in [6, 6.07) is 72.5. The number of ether oxygens (including phenoxy) is 2. The first-order valence-electron chi connectivity index (χ1n) is 21.2. The zero-order valence-corrected chi connectivity index (χ0v) is 33.8. The molecule has 0 radical (unpaired) electrons. The van der Waals surface area contributed by atoms with Crippen molar-refractivity contribution in [1.82, 2.24) is 0 Å². The summed E-state index contributed by atoms with van der Waals surface area (Å²) in [6.07, 6.45) is 0. The van der Waals surface area contributed by atoms with Gasteiger partial charge in [-0.15, -0.1) is 0 Å². The van der Waals surface area contributed by atoms with Gasteiger partial charge in [0.15, 0.2) is 23.0 Å². The van der Waals surface area contributed by atoms with Crippen LogP contribution in [-0.2, 0) is 10.8 Å². The van der Waals surface area contributed by atoms with Crippen LogP contribution in [0.25, 0.3) is 44.5 Å². The Labute approximate surface area is 355 Å². The Morgan fingerprint density at radius 1 is 0.328 bits per heavy atom. The topological polar surface area (TPSA) is 21.7 Å². The molecule has 288 valence electrons. The van der Waals surface area contributed by atoms with Crippen molar-refractivity contribution in [2.24, 2.45) is 0 Å². The molecule has 9 aromatic rings. The first-order chi connectivity index (χ1) is 30.0. The summed E-state index contributed by atoms with van der Waals surface area (Å²) in [7, 11) is 0. The highest BCUT2D eigenvalue weighted by molar-refractivity contribution is 5.96. The second kappa shape index (κ2) is 12.5. The van der Waals surface area contributed by atoms with E-state index in [1.165, 1.54) is 77.9 Å². The van der Waals surface area contributed by atoms with Crippen molar-refractivity contribution >= 4 is 17.1 Å². The average molecular weight is 782 g/mol. The molecule has 3 nitrogen and oxygen atoms in total. The smallest absolute Gasteiger partial charge is 0.172 e. The van der Waals surface area contributed by atoms with Crippen molar-refractivity contribution < 1.29 is 9.47 Å². The third-order valence-corrected chi connectivity index (χ3v) is 13.7. The lowest BCUT2D eigenvalue weighted by Gasteiger charge is -2.31. The van der Waals surface area contributed by atoms with Crippen LogP contribution in [0.4, 0.5) is 17.1 Å². The third-order valence-electron chi connectivity index (χ3n) is 13.7. The fourth-order valence-electron chi connectivity index (χ4n) is 11.1. The van der Waals surface area contributed by atoms with Crippen molar-refractivity contribution in [3.63, 3.8) is 0 Å². The summed E-state index contributed by atoms with van der Waals surface area (Å²) in [5.41, 5.74) is 20.5. The van der Waals surface area contributed by atoms with Crippen LogP contribution < -0.4 is 14.4 Å². The van der Waals surface area contributed by atoms with Gasteiger partial charge in [0, 0.05) is 22.9 Å². The molecule has 0 atom stereocenters. The molecule has 13 rings (SSSR count). The molecule has 3 aliphatic carbocycles. The first kappa shape index (κ1) is 34.3. The van der Waals surface area contributed by atoms with Gasteiger partial charge < -0.3 is 14.4 Å². The molecule has 1 heterocycles. The summed E-state index contributed by atoms with van der Waals surface area (Å²) in [5, 5.41) is 0. The highest BCUT2D eigenvalue weighted by Gasteiger charge is 2.52. The van der Waals surface area contributed by atoms with Gasteiger partial charge in [-0.05, 0) is 126 Å². The molecule has 0 bridgehead atoms. The predicted octanol–water partition coefficient (Wildman–Crippen LogP) is 15.4. The molecule has 1 spiro atoms. The molecule has 0 saturated carbocycles. The maximum Gasteiger partial charge on any atom is 0.172 e. The molecule has 61 heavy (non-hydrogen) atoms. The lowest BCUT2D eigenvalue weighted by Crippen LogP contribution is -2.25. The van der Waals surface area contributed by atoms with Gasteiger partial charge in [0.05, 0.1) is 11.1 Å². The van der Waals surface area contributed by atoms with Crippen LogP contribution >= 0.6 is 0 Å². The first-order valence-corrected chi connectivity index (χ1v) is 21.2. The van der Waals surface area contributed by atoms with Crippen LogP contribution in [-0.4, -0.2) is 0 Å². The van der Waals surface area contributed by atoms with Crippen molar-refractivity contribution in [2.45, 2.75) is 24.7 Å². The molecule has 0 aromatic heterocycles. The van der Waals surface area contributed by atoms with E-state index in [0.29, 0.717) is 17.2 Å². The normalized spacial score (nSPS) is 14.6. The van der Waals surface area contributed by atoms with Crippen LogP contribution in [0.3, 0.4) is 0 Å². The van der Waals surface area contributed by atoms with Gasteiger partial charge in [0.1, 0.15) is 0 Å². The molecule has 4 aliphatic rings. The second-order valence-corrected chi connectivity index (χ2v) is 17.2. The number of para-hydroxylation sites is 1. The number of benzene rings is 9. The van der Waals surface area contributed by atoms with Crippen molar-refractivity contribution in [2.75, 3.05) is 4.90 Å². The number of hydrogen-bond donors (Lipinski definition) is 0. The molecular weight excluding hydrogens is 743 g/mol. The Hall–Kier alpha value is -7.62. The van der Waals surface area contributed by atoms with Crippen LogP contribution in [0.2, 0.25) is 0 Å². The van der Waals surface area contributed by atoms with Crippen LogP contribution in [0.1, 0.15) is 47.2 Å². The van der Waals surface area contributed by atoms with E-state index < -0.39 is 5.41 Å². The molecule has 9 aromatic carbocycles. The Morgan fingerprint density at radius 3 is 1.51 bits per heavy atom. The number of fused-ring (bicyclic) bond motifs is 15. The van der Waals surface area contributed by atoms with Crippen LogP contribution in [0, 0.1) is 0 Å². The number of rotatable bonds is 4. The number of hydrogen-bond acceptors (Lipinski definition) is 3. The predicted molar refractivity (Wildman–Crippen MR) is 247 cm³/mol. The van der Waals surface area contributed by atoms with Gasteiger partial charge in [-0.25, -0.2) is 0 Å². The quantitative estimate of drug-likeness (QED) is 0.177. The van der Waals surface area contributed by atoms with E-state index in [-0.39, 0.29) is 5.41 Å². The Morgan fingerprint density at radius 2 is 0.820 bits per heavy atom. The maximum atomic E-state index is 6.96. The second-order valence-electron chi connectivity index (χ2n) is 17.2. The monoisotopic (exact) mass is 781 g/mol. The van der Waals surface area contributed by atoms with E-state index in [4.69, 9.17) is 9.47 Å². The van der Waals surface area contributed by atoms with E-state index in [0.717, 1.165) is 22.8 Å². The van der Waals surface area contributed by atoms with Gasteiger partial charge >= 0.3 is 0 Å². The molecule has 0 fully saturated rings. The zero-order chi connectivity index (χ0) is 40.5. The third kappa shape index (κ3) is 4.63. The minimum atomic E-state index is -0.463.